The zero-order valence-corrected chi connectivity index (χ0v) is 13.0. The highest BCUT2D eigenvalue weighted by molar-refractivity contribution is 9.10. The second-order valence-electron chi connectivity index (χ2n) is 4.87. The molecule has 2 rings (SSSR count). The number of phenolic OH excluding ortho intramolecular Hbond substituents is 1. The first-order valence-electron chi connectivity index (χ1n) is 6.47. The minimum Gasteiger partial charge on any atom is -0.508 e. The fraction of sp³-hybridized carbons (Fsp3) is 0.250. The van der Waals surface area contributed by atoms with Crippen LogP contribution in [0.3, 0.4) is 0 Å². The average Bonchev–Trinajstić information content (AvgIpc) is 2.38. The van der Waals surface area contributed by atoms with Gasteiger partial charge in [-0.1, -0.05) is 34.1 Å². The first kappa shape index (κ1) is 15.0. The smallest absolute Gasteiger partial charge is 0.124 e. The Balaban J connectivity index is 2.12. The first-order valence-corrected chi connectivity index (χ1v) is 7.26. The molecule has 2 aromatic rings. The third-order valence-electron chi connectivity index (χ3n) is 3.30. The SMILES string of the molecule is CC(NC(C)c1ccc(F)cc1Br)c1cccc(O)c1. The fourth-order valence-electron chi connectivity index (χ4n) is 2.21. The van der Waals surface area contributed by atoms with E-state index in [-0.39, 0.29) is 23.7 Å². The van der Waals surface area contributed by atoms with Crippen LogP contribution in [0.15, 0.2) is 46.9 Å². The van der Waals surface area contributed by atoms with Gasteiger partial charge in [0, 0.05) is 16.6 Å². The molecule has 0 radical (unpaired) electrons. The van der Waals surface area contributed by atoms with Gasteiger partial charge < -0.3 is 10.4 Å². The van der Waals surface area contributed by atoms with Gasteiger partial charge >= 0.3 is 0 Å². The molecule has 0 fully saturated rings. The minimum absolute atomic E-state index is 0.0577. The second kappa shape index (κ2) is 6.37. The lowest BCUT2D eigenvalue weighted by molar-refractivity contribution is 0.466. The Bertz CT molecular complexity index is 603. The maximum Gasteiger partial charge on any atom is 0.124 e. The Morgan fingerprint density at radius 2 is 1.85 bits per heavy atom. The third kappa shape index (κ3) is 3.58. The molecule has 0 heterocycles. The maximum absolute atomic E-state index is 13.1. The molecular weight excluding hydrogens is 321 g/mol. The van der Waals surface area contributed by atoms with Crippen molar-refractivity contribution < 1.29 is 9.50 Å². The van der Waals surface area contributed by atoms with E-state index in [9.17, 15) is 9.50 Å². The number of phenols is 1. The summed E-state index contributed by atoms with van der Waals surface area (Å²) >= 11 is 3.39. The second-order valence-corrected chi connectivity index (χ2v) is 5.73. The molecule has 0 amide bonds. The molecule has 0 aliphatic carbocycles. The molecule has 0 bridgehead atoms. The summed E-state index contributed by atoms with van der Waals surface area (Å²) in [6.45, 7) is 4.06. The van der Waals surface area contributed by atoms with E-state index in [1.807, 2.05) is 26.0 Å². The molecule has 2 aromatic carbocycles. The topological polar surface area (TPSA) is 32.3 Å². The van der Waals surface area contributed by atoms with Gasteiger partial charge in [0.25, 0.3) is 0 Å². The van der Waals surface area contributed by atoms with Crippen LogP contribution in [0.1, 0.15) is 37.1 Å². The van der Waals surface area contributed by atoms with Crippen LogP contribution in [0.25, 0.3) is 0 Å². The van der Waals surface area contributed by atoms with Crippen LogP contribution in [-0.4, -0.2) is 5.11 Å². The number of aromatic hydroxyl groups is 1. The van der Waals surface area contributed by atoms with Gasteiger partial charge in [0.1, 0.15) is 11.6 Å². The van der Waals surface area contributed by atoms with E-state index in [0.29, 0.717) is 0 Å². The Labute approximate surface area is 126 Å². The van der Waals surface area contributed by atoms with E-state index in [1.54, 1.807) is 18.2 Å². The van der Waals surface area contributed by atoms with Crippen LogP contribution in [0.2, 0.25) is 0 Å². The van der Waals surface area contributed by atoms with Crippen molar-refractivity contribution in [3.63, 3.8) is 0 Å². The van der Waals surface area contributed by atoms with Crippen molar-refractivity contribution >= 4 is 15.9 Å². The normalized spacial score (nSPS) is 14.0. The van der Waals surface area contributed by atoms with E-state index in [4.69, 9.17) is 0 Å². The van der Waals surface area contributed by atoms with Gasteiger partial charge in [-0.25, -0.2) is 4.39 Å². The van der Waals surface area contributed by atoms with Crippen LogP contribution in [0.5, 0.6) is 5.75 Å². The van der Waals surface area contributed by atoms with Gasteiger partial charge in [-0.15, -0.1) is 0 Å². The van der Waals surface area contributed by atoms with Crippen LogP contribution in [0.4, 0.5) is 4.39 Å². The number of hydrogen-bond acceptors (Lipinski definition) is 2. The van der Waals surface area contributed by atoms with Gasteiger partial charge in [-0.3, -0.25) is 0 Å². The summed E-state index contributed by atoms with van der Waals surface area (Å²) in [7, 11) is 0. The summed E-state index contributed by atoms with van der Waals surface area (Å²) < 4.78 is 13.9. The Morgan fingerprint density at radius 1 is 1.10 bits per heavy atom. The van der Waals surface area contributed by atoms with E-state index < -0.39 is 0 Å². The molecule has 0 aliphatic rings. The van der Waals surface area contributed by atoms with Gasteiger partial charge in [0.15, 0.2) is 0 Å². The molecule has 2 nitrogen and oxygen atoms in total. The lowest BCUT2D eigenvalue weighted by Crippen LogP contribution is -2.22. The third-order valence-corrected chi connectivity index (χ3v) is 3.99. The number of rotatable bonds is 4. The van der Waals surface area contributed by atoms with Crippen molar-refractivity contribution in [3.05, 3.63) is 63.9 Å². The first-order chi connectivity index (χ1) is 9.47. The van der Waals surface area contributed by atoms with E-state index >= 15 is 0 Å². The predicted octanol–water partition coefficient (Wildman–Crippen LogP) is 4.71. The Morgan fingerprint density at radius 3 is 2.50 bits per heavy atom. The molecule has 4 heteroatoms. The average molecular weight is 338 g/mol. The number of halogens is 2. The predicted molar refractivity (Wildman–Crippen MR) is 82.2 cm³/mol. The highest BCUT2D eigenvalue weighted by atomic mass is 79.9. The maximum atomic E-state index is 13.1. The molecule has 0 aliphatic heterocycles. The van der Waals surface area contributed by atoms with Gasteiger partial charge in [0.2, 0.25) is 0 Å². The Kier molecular flexibility index (Phi) is 4.78. The molecule has 0 aromatic heterocycles. The van der Waals surface area contributed by atoms with E-state index in [2.05, 4.69) is 21.2 Å². The van der Waals surface area contributed by atoms with Gasteiger partial charge in [0.05, 0.1) is 0 Å². The summed E-state index contributed by atoms with van der Waals surface area (Å²) in [4.78, 5) is 0. The summed E-state index contributed by atoms with van der Waals surface area (Å²) in [6, 6.07) is 12.0. The Hall–Kier alpha value is -1.39. The molecule has 0 spiro atoms. The summed E-state index contributed by atoms with van der Waals surface area (Å²) in [6.07, 6.45) is 0. The van der Waals surface area contributed by atoms with Crippen molar-refractivity contribution in [1.82, 2.24) is 5.32 Å². The number of hydrogen-bond donors (Lipinski definition) is 2. The van der Waals surface area contributed by atoms with Crippen LogP contribution in [0, 0.1) is 5.82 Å². The lowest BCUT2D eigenvalue weighted by Gasteiger charge is -2.22. The molecule has 2 N–H and O–H groups in total. The largest absolute Gasteiger partial charge is 0.508 e. The molecule has 0 saturated heterocycles. The molecule has 106 valence electrons. The zero-order chi connectivity index (χ0) is 14.7. The van der Waals surface area contributed by atoms with Crippen molar-refractivity contribution in [1.29, 1.82) is 0 Å². The summed E-state index contributed by atoms with van der Waals surface area (Å²) in [5, 5.41) is 12.9. The van der Waals surface area contributed by atoms with E-state index in [1.165, 1.54) is 12.1 Å². The van der Waals surface area contributed by atoms with Crippen LogP contribution in [-0.2, 0) is 0 Å². The van der Waals surface area contributed by atoms with Crippen molar-refractivity contribution in [3.8, 4) is 5.75 Å². The van der Waals surface area contributed by atoms with Crippen LogP contribution < -0.4 is 5.32 Å². The molecule has 2 unspecified atom stereocenters. The van der Waals surface area contributed by atoms with Crippen molar-refractivity contribution in [2.75, 3.05) is 0 Å². The molecular formula is C16H17BrFNO. The van der Waals surface area contributed by atoms with Crippen LogP contribution >= 0.6 is 15.9 Å². The summed E-state index contributed by atoms with van der Waals surface area (Å²) in [5.41, 5.74) is 2.01. The molecule has 20 heavy (non-hydrogen) atoms. The van der Waals surface area contributed by atoms with Gasteiger partial charge in [-0.05, 0) is 49.2 Å². The standard InChI is InChI=1S/C16H17BrFNO/c1-10(12-4-3-5-14(20)8-12)19-11(2)15-7-6-13(18)9-16(15)17/h3-11,19-20H,1-2H3. The number of benzene rings is 2. The minimum atomic E-state index is -0.256. The monoisotopic (exact) mass is 337 g/mol. The van der Waals surface area contributed by atoms with E-state index in [0.717, 1.165) is 15.6 Å². The molecule has 0 saturated carbocycles. The van der Waals surface area contributed by atoms with Crippen molar-refractivity contribution in [2.24, 2.45) is 0 Å². The summed E-state index contributed by atoms with van der Waals surface area (Å²) in [5.74, 6) is 0.000575. The van der Waals surface area contributed by atoms with Crippen molar-refractivity contribution in [2.45, 2.75) is 25.9 Å². The number of nitrogens with one attached hydrogen (secondary N) is 1. The fourth-order valence-corrected chi connectivity index (χ4v) is 2.90. The quantitative estimate of drug-likeness (QED) is 0.847. The lowest BCUT2D eigenvalue weighted by atomic mass is 10.0. The highest BCUT2D eigenvalue weighted by Crippen LogP contribution is 2.27. The highest BCUT2D eigenvalue weighted by Gasteiger charge is 2.14. The zero-order valence-electron chi connectivity index (χ0n) is 11.4. The molecule has 2 atom stereocenters. The van der Waals surface area contributed by atoms with Gasteiger partial charge in [-0.2, -0.15) is 0 Å².